The zero-order chi connectivity index (χ0) is 31.3. The minimum Gasteiger partial charge on any atom is -0.497 e. The number of carbonyl (C=O) groups is 2. The van der Waals surface area contributed by atoms with Crippen molar-refractivity contribution in [1.29, 1.82) is 0 Å². The number of rotatable bonds is 9. The lowest BCUT2D eigenvalue weighted by Crippen LogP contribution is -2.50. The Bertz CT molecular complexity index is 1550. The molecule has 3 aromatic carbocycles. The molecule has 1 aliphatic heterocycles. The Hall–Kier alpha value is -4.20. The predicted molar refractivity (Wildman–Crippen MR) is 159 cm³/mol. The van der Waals surface area contributed by atoms with Crippen LogP contribution in [0.4, 0.5) is 20.6 Å². The van der Waals surface area contributed by atoms with Crippen LogP contribution >= 0.6 is 0 Å². The van der Waals surface area contributed by atoms with Crippen molar-refractivity contribution in [1.82, 2.24) is 9.21 Å². The number of aliphatic hydroxyl groups excluding tert-OH is 1. The second-order valence-electron chi connectivity index (χ2n) is 10.4. The molecule has 11 nitrogen and oxygen atoms in total. The minimum absolute atomic E-state index is 0.0663. The molecule has 3 atom stereocenters. The highest BCUT2D eigenvalue weighted by Crippen LogP contribution is 2.35. The lowest BCUT2D eigenvalue weighted by Gasteiger charge is -2.38. The molecule has 13 heteroatoms. The number of nitrogens with one attached hydrogen (secondary N) is 2. The predicted octanol–water partition coefficient (Wildman–Crippen LogP) is 4.02. The fourth-order valence-corrected chi connectivity index (χ4v) is 5.84. The Balaban J connectivity index is 1.67. The normalized spacial score (nSPS) is 17.7. The van der Waals surface area contributed by atoms with Gasteiger partial charge in [-0.15, -0.1) is 0 Å². The van der Waals surface area contributed by atoms with Crippen molar-refractivity contribution in [3.8, 4) is 11.5 Å². The molecule has 1 heterocycles. The summed E-state index contributed by atoms with van der Waals surface area (Å²) in [6, 6.07) is 14.8. The van der Waals surface area contributed by atoms with Crippen molar-refractivity contribution in [3.63, 3.8) is 0 Å². The number of methoxy groups -OCH3 is 1. The third-order valence-corrected chi connectivity index (χ3v) is 9.08. The van der Waals surface area contributed by atoms with Crippen LogP contribution in [0.25, 0.3) is 0 Å². The monoisotopic (exact) mass is 614 g/mol. The Morgan fingerprint density at radius 2 is 1.81 bits per heavy atom. The zero-order valence-corrected chi connectivity index (χ0v) is 25.1. The van der Waals surface area contributed by atoms with Crippen LogP contribution in [0.5, 0.6) is 11.5 Å². The van der Waals surface area contributed by atoms with Gasteiger partial charge in [0.2, 0.25) is 10.0 Å². The molecule has 0 fully saturated rings. The second kappa shape index (κ2) is 13.4. The molecular formula is C30H35FN4O7S. The maximum absolute atomic E-state index is 13.7. The van der Waals surface area contributed by atoms with Crippen LogP contribution in [-0.4, -0.2) is 80.7 Å². The summed E-state index contributed by atoms with van der Waals surface area (Å²) in [6.07, 6.45) is -0.784. The molecule has 43 heavy (non-hydrogen) atoms. The van der Waals surface area contributed by atoms with Gasteiger partial charge in [0.1, 0.15) is 17.7 Å². The Labute approximate surface area is 250 Å². The number of carbonyl (C=O) groups excluding carboxylic acids is 2. The number of likely N-dealkylation sites (N-methyl/N-ethyl adjacent to an activating group) is 1. The van der Waals surface area contributed by atoms with E-state index in [-0.39, 0.29) is 41.6 Å². The van der Waals surface area contributed by atoms with Crippen LogP contribution in [0, 0.1) is 11.7 Å². The van der Waals surface area contributed by atoms with Gasteiger partial charge in [-0.1, -0.05) is 13.0 Å². The number of para-hydroxylation sites is 1. The van der Waals surface area contributed by atoms with E-state index in [4.69, 9.17) is 9.47 Å². The fraction of sp³-hybridized carbons (Fsp3) is 0.333. The van der Waals surface area contributed by atoms with E-state index in [9.17, 15) is 27.5 Å². The van der Waals surface area contributed by atoms with E-state index in [1.165, 1.54) is 31.2 Å². The molecule has 230 valence electrons. The number of ether oxygens (including phenoxy) is 2. The molecule has 0 aliphatic carbocycles. The number of urea groups is 1. The van der Waals surface area contributed by atoms with Gasteiger partial charge in [0, 0.05) is 25.2 Å². The fourth-order valence-electron chi connectivity index (χ4n) is 4.66. The Morgan fingerprint density at radius 3 is 2.44 bits per heavy atom. The smallest absolute Gasteiger partial charge is 0.323 e. The summed E-state index contributed by atoms with van der Waals surface area (Å²) in [6.45, 7) is 3.27. The molecule has 4 rings (SSSR count). The standard InChI is InChI=1S/C30H35FN4O7S/c1-19-16-35(20(2)18-36)29(37)25-6-5-7-26(33-30(38)32-22-10-12-23(41-4)13-11-22)28(25)42-27(19)17-34(3)43(39,40)24-14-8-21(31)9-15-24/h5-15,19-20,27,36H,16-18H2,1-4H3,(H2,32,33,38)/t19-,20+,27-/m0/s1. The molecule has 0 saturated heterocycles. The first-order chi connectivity index (χ1) is 20.4. The van der Waals surface area contributed by atoms with Crippen LogP contribution in [-0.2, 0) is 10.0 Å². The van der Waals surface area contributed by atoms with Gasteiger partial charge in [0.25, 0.3) is 5.91 Å². The van der Waals surface area contributed by atoms with E-state index in [0.29, 0.717) is 11.4 Å². The van der Waals surface area contributed by atoms with Gasteiger partial charge in [-0.05, 0) is 67.6 Å². The summed E-state index contributed by atoms with van der Waals surface area (Å²) in [5.74, 6) is -0.687. The average molecular weight is 615 g/mol. The van der Waals surface area contributed by atoms with E-state index in [1.807, 2.05) is 6.92 Å². The molecular weight excluding hydrogens is 579 g/mol. The Morgan fingerprint density at radius 1 is 1.14 bits per heavy atom. The number of anilines is 2. The molecule has 3 amide bonds. The molecule has 0 aromatic heterocycles. The topological polar surface area (TPSA) is 138 Å². The van der Waals surface area contributed by atoms with Crippen LogP contribution in [0.2, 0.25) is 0 Å². The molecule has 0 bridgehead atoms. The quantitative estimate of drug-likeness (QED) is 0.331. The maximum atomic E-state index is 13.7. The molecule has 3 N–H and O–H groups in total. The van der Waals surface area contributed by atoms with Gasteiger partial charge < -0.3 is 30.1 Å². The summed E-state index contributed by atoms with van der Waals surface area (Å²) >= 11 is 0. The van der Waals surface area contributed by atoms with Crippen LogP contribution in [0.3, 0.4) is 0 Å². The van der Waals surface area contributed by atoms with Crippen LogP contribution in [0.1, 0.15) is 24.2 Å². The highest BCUT2D eigenvalue weighted by Gasteiger charge is 2.36. The lowest BCUT2D eigenvalue weighted by atomic mass is 9.99. The number of sulfonamides is 1. The number of amides is 3. The van der Waals surface area contributed by atoms with Crippen molar-refractivity contribution in [2.24, 2.45) is 5.92 Å². The lowest BCUT2D eigenvalue weighted by molar-refractivity contribution is 0.0389. The largest absolute Gasteiger partial charge is 0.497 e. The number of nitrogens with zero attached hydrogens (tertiary/aromatic N) is 2. The van der Waals surface area contributed by atoms with Gasteiger partial charge in [0.15, 0.2) is 5.75 Å². The highest BCUT2D eigenvalue weighted by atomic mass is 32.2. The number of hydrogen-bond acceptors (Lipinski definition) is 7. The molecule has 3 aromatic rings. The SMILES string of the molecule is COc1ccc(NC(=O)Nc2cccc3c2O[C@@H](CN(C)S(=O)(=O)c2ccc(F)cc2)[C@@H](C)CN([C@H](C)CO)C3=O)cc1. The summed E-state index contributed by atoms with van der Waals surface area (Å²) in [7, 11) is -1.09. The van der Waals surface area contributed by atoms with Crippen LogP contribution < -0.4 is 20.1 Å². The van der Waals surface area contributed by atoms with Crippen molar-refractivity contribution in [2.75, 3.05) is 44.5 Å². The molecule has 0 spiro atoms. The van der Waals surface area contributed by atoms with Crippen molar-refractivity contribution in [3.05, 3.63) is 78.1 Å². The van der Waals surface area contributed by atoms with Crippen LogP contribution in [0.15, 0.2) is 71.6 Å². The minimum atomic E-state index is -4.01. The van der Waals surface area contributed by atoms with E-state index >= 15 is 0 Å². The second-order valence-corrected chi connectivity index (χ2v) is 12.4. The first-order valence-electron chi connectivity index (χ1n) is 13.6. The third kappa shape index (κ3) is 7.24. The number of aliphatic hydroxyl groups is 1. The van der Waals surface area contributed by atoms with Crippen molar-refractivity contribution in [2.45, 2.75) is 30.9 Å². The summed E-state index contributed by atoms with van der Waals surface area (Å²) in [5.41, 5.74) is 0.830. The third-order valence-electron chi connectivity index (χ3n) is 7.25. The number of fused-ring (bicyclic) bond motifs is 1. The van der Waals surface area contributed by atoms with Gasteiger partial charge in [0.05, 0.1) is 42.4 Å². The Kier molecular flexibility index (Phi) is 9.89. The first kappa shape index (κ1) is 31.7. The van der Waals surface area contributed by atoms with E-state index in [2.05, 4.69) is 10.6 Å². The number of halogens is 1. The van der Waals surface area contributed by atoms with Crippen molar-refractivity contribution >= 4 is 33.3 Å². The first-order valence-corrected chi connectivity index (χ1v) is 15.0. The van der Waals surface area contributed by atoms with E-state index in [0.717, 1.165) is 16.4 Å². The zero-order valence-electron chi connectivity index (χ0n) is 24.3. The summed E-state index contributed by atoms with van der Waals surface area (Å²) in [5, 5.41) is 15.3. The molecule has 0 unspecified atom stereocenters. The number of hydrogen-bond donors (Lipinski definition) is 3. The van der Waals surface area contributed by atoms with E-state index in [1.54, 1.807) is 49.4 Å². The highest BCUT2D eigenvalue weighted by molar-refractivity contribution is 7.89. The number of benzene rings is 3. The maximum Gasteiger partial charge on any atom is 0.323 e. The summed E-state index contributed by atoms with van der Waals surface area (Å²) < 4.78 is 52.7. The molecule has 0 saturated carbocycles. The van der Waals surface area contributed by atoms with Crippen molar-refractivity contribution < 1.29 is 37.0 Å². The molecule has 0 radical (unpaired) electrons. The van der Waals surface area contributed by atoms with Gasteiger partial charge in [-0.25, -0.2) is 17.6 Å². The summed E-state index contributed by atoms with van der Waals surface area (Å²) in [4.78, 5) is 28.1. The van der Waals surface area contributed by atoms with Gasteiger partial charge >= 0.3 is 6.03 Å². The van der Waals surface area contributed by atoms with Gasteiger partial charge in [-0.2, -0.15) is 4.31 Å². The average Bonchev–Trinajstić information content (AvgIpc) is 2.99. The van der Waals surface area contributed by atoms with Gasteiger partial charge in [-0.3, -0.25) is 4.79 Å². The molecule has 1 aliphatic rings. The van der Waals surface area contributed by atoms with E-state index < -0.39 is 45.8 Å².